The highest BCUT2D eigenvalue weighted by atomic mass is 16.5. The largest absolute Gasteiger partial charge is 0.502 e. The SMILES string of the molecule is COc1cc2nc(CCn3c(=O)n4n(c3=O)[C@@H]3C[C@@]5(C)C(=O)C(C)=C(C)C(=O)[C@@]5(C)[C@@H](C=Cc5cc(OC)c(O)c(OC)c5)C3=CC4)c(=O)n(C)c2cc1OC. The van der Waals surface area contributed by atoms with Crippen molar-refractivity contribution >= 4 is 28.7 Å². The molecule has 56 heavy (non-hydrogen) atoms. The van der Waals surface area contributed by atoms with Crippen molar-refractivity contribution in [3.05, 3.63) is 95.7 Å². The zero-order chi connectivity index (χ0) is 40.6. The molecule has 1 fully saturated rings. The molecule has 3 aliphatic rings. The lowest BCUT2D eigenvalue weighted by molar-refractivity contribution is -0.152. The number of aryl methyl sites for hydroxylation is 2. The van der Waals surface area contributed by atoms with Gasteiger partial charge in [0.25, 0.3) is 5.56 Å². The van der Waals surface area contributed by atoms with Gasteiger partial charge in [0.1, 0.15) is 5.69 Å². The van der Waals surface area contributed by atoms with Crippen molar-refractivity contribution in [1.82, 2.24) is 23.5 Å². The van der Waals surface area contributed by atoms with E-state index in [2.05, 4.69) is 4.98 Å². The van der Waals surface area contributed by atoms with Crippen LogP contribution in [0.5, 0.6) is 28.7 Å². The third-order valence-corrected chi connectivity index (χ3v) is 12.5. The van der Waals surface area contributed by atoms with Crippen molar-refractivity contribution in [1.29, 1.82) is 0 Å². The summed E-state index contributed by atoms with van der Waals surface area (Å²) < 4.78 is 26.8. The molecule has 4 aromatic rings. The lowest BCUT2D eigenvalue weighted by Gasteiger charge is -2.57. The Balaban J connectivity index is 1.32. The number of phenols is 1. The number of allylic oxidation sites excluding steroid dienone is 5. The molecule has 15 heteroatoms. The molecule has 0 bridgehead atoms. The van der Waals surface area contributed by atoms with Crippen molar-refractivity contribution < 1.29 is 33.6 Å². The topological polar surface area (TPSA) is 175 Å². The van der Waals surface area contributed by atoms with Gasteiger partial charge in [0, 0.05) is 43.5 Å². The van der Waals surface area contributed by atoms with Crippen LogP contribution in [0.4, 0.5) is 0 Å². The number of hydrogen-bond acceptors (Lipinski definition) is 11. The maximum absolute atomic E-state index is 14.5. The van der Waals surface area contributed by atoms with Crippen molar-refractivity contribution in [2.75, 3.05) is 28.4 Å². The summed E-state index contributed by atoms with van der Waals surface area (Å²) in [6, 6.07) is 5.83. The normalized spacial score (nSPS) is 23.2. The number of nitrogens with zero attached hydrogens (tertiary/aromatic N) is 5. The number of aromatic nitrogens is 5. The van der Waals surface area contributed by atoms with E-state index in [4.69, 9.17) is 18.9 Å². The van der Waals surface area contributed by atoms with E-state index < -0.39 is 34.2 Å². The molecule has 1 aliphatic heterocycles. The highest BCUT2D eigenvalue weighted by molar-refractivity contribution is 6.17. The molecule has 2 aromatic carbocycles. The van der Waals surface area contributed by atoms with Crippen LogP contribution in [0.3, 0.4) is 0 Å². The fourth-order valence-electron chi connectivity index (χ4n) is 8.96. The van der Waals surface area contributed by atoms with Gasteiger partial charge in [-0.05, 0) is 54.7 Å². The average molecular weight is 768 g/mol. The molecule has 0 amide bonds. The molecular formula is C41H45N5O10. The number of fused-ring (bicyclic) bond motifs is 5. The molecule has 0 saturated heterocycles. The van der Waals surface area contributed by atoms with Crippen LogP contribution in [0, 0.1) is 16.7 Å². The fourth-order valence-corrected chi connectivity index (χ4v) is 8.96. The number of methoxy groups -OCH3 is 4. The van der Waals surface area contributed by atoms with E-state index in [1.165, 1.54) is 42.4 Å². The minimum absolute atomic E-state index is 0.0158. The Kier molecular flexibility index (Phi) is 9.25. The third kappa shape index (κ3) is 5.30. The summed E-state index contributed by atoms with van der Waals surface area (Å²) in [6.07, 6.45) is 5.58. The van der Waals surface area contributed by atoms with Crippen LogP contribution in [0.1, 0.15) is 51.4 Å². The molecule has 7 rings (SSSR count). The van der Waals surface area contributed by atoms with Crippen LogP contribution in [-0.4, -0.2) is 68.6 Å². The van der Waals surface area contributed by atoms with Gasteiger partial charge in [0.05, 0.1) is 57.5 Å². The lowest BCUT2D eigenvalue weighted by Crippen LogP contribution is -2.61. The molecule has 1 saturated carbocycles. The molecule has 1 N–H and O–H groups in total. The number of Topliss-reactive ketones (excluding diaryl/α,β-unsaturated/α-hetero) is 2. The van der Waals surface area contributed by atoms with Gasteiger partial charge in [-0.15, -0.1) is 0 Å². The second-order valence-corrected chi connectivity index (χ2v) is 15.0. The van der Waals surface area contributed by atoms with E-state index in [0.29, 0.717) is 39.2 Å². The molecule has 0 radical (unpaired) electrons. The lowest BCUT2D eigenvalue weighted by atomic mass is 9.44. The van der Waals surface area contributed by atoms with Crippen molar-refractivity contribution in [3.8, 4) is 28.7 Å². The molecule has 3 heterocycles. The minimum atomic E-state index is -1.26. The summed E-state index contributed by atoms with van der Waals surface area (Å²) in [7, 11) is 7.45. The summed E-state index contributed by atoms with van der Waals surface area (Å²) in [5, 5.41) is 10.5. The summed E-state index contributed by atoms with van der Waals surface area (Å²) in [4.78, 5) is 75.3. The number of ketones is 2. The Morgan fingerprint density at radius 2 is 1.46 bits per heavy atom. The number of benzene rings is 2. The third-order valence-electron chi connectivity index (χ3n) is 12.5. The highest BCUT2D eigenvalue weighted by Gasteiger charge is 2.66. The Morgan fingerprint density at radius 3 is 2.09 bits per heavy atom. The minimum Gasteiger partial charge on any atom is -0.502 e. The van der Waals surface area contributed by atoms with Crippen molar-refractivity contribution in [2.45, 2.75) is 59.7 Å². The number of aromatic hydroxyl groups is 1. The predicted molar refractivity (Wildman–Crippen MR) is 207 cm³/mol. The number of hydrogen-bond donors (Lipinski definition) is 1. The van der Waals surface area contributed by atoms with E-state index in [-0.39, 0.29) is 66.0 Å². The summed E-state index contributed by atoms with van der Waals surface area (Å²) in [5.41, 5.74) is -0.830. The highest BCUT2D eigenvalue weighted by Crippen LogP contribution is 2.63. The summed E-state index contributed by atoms with van der Waals surface area (Å²) in [6.45, 7) is 6.83. The van der Waals surface area contributed by atoms with E-state index in [1.807, 2.05) is 19.1 Å². The molecular weight excluding hydrogens is 722 g/mol. The van der Waals surface area contributed by atoms with E-state index in [0.717, 1.165) is 10.1 Å². The van der Waals surface area contributed by atoms with E-state index in [9.17, 15) is 29.1 Å². The van der Waals surface area contributed by atoms with Crippen LogP contribution < -0.4 is 35.9 Å². The number of phenolic OH excluding ortho intramolecular Hbond substituents is 1. The number of carbonyl (C=O) groups excluding carboxylic acids is 2. The first-order valence-electron chi connectivity index (χ1n) is 18.2. The predicted octanol–water partition coefficient (Wildman–Crippen LogP) is 3.76. The zero-order valence-corrected chi connectivity index (χ0v) is 32.9. The van der Waals surface area contributed by atoms with Gasteiger partial charge in [-0.1, -0.05) is 32.1 Å². The fraction of sp³-hybridized carbons (Fsp3) is 0.415. The van der Waals surface area contributed by atoms with Gasteiger partial charge in [-0.2, -0.15) is 0 Å². The molecule has 4 atom stereocenters. The van der Waals surface area contributed by atoms with Crippen LogP contribution in [0.25, 0.3) is 17.1 Å². The average Bonchev–Trinajstić information content (AvgIpc) is 3.44. The second-order valence-electron chi connectivity index (χ2n) is 15.0. The molecule has 294 valence electrons. The Morgan fingerprint density at radius 1 is 0.857 bits per heavy atom. The Labute approximate surface area is 321 Å². The Bertz CT molecular complexity index is 2610. The monoisotopic (exact) mass is 767 g/mol. The van der Waals surface area contributed by atoms with Crippen molar-refractivity contribution in [3.63, 3.8) is 0 Å². The van der Waals surface area contributed by atoms with Gasteiger partial charge in [-0.3, -0.25) is 14.4 Å². The van der Waals surface area contributed by atoms with Crippen molar-refractivity contribution in [2.24, 2.45) is 23.8 Å². The van der Waals surface area contributed by atoms with Crippen LogP contribution in [0.15, 0.2) is 67.5 Å². The molecule has 15 nitrogen and oxygen atoms in total. The quantitative estimate of drug-likeness (QED) is 0.246. The summed E-state index contributed by atoms with van der Waals surface area (Å²) >= 11 is 0. The molecule has 2 aromatic heterocycles. The van der Waals surface area contributed by atoms with E-state index >= 15 is 0 Å². The first kappa shape index (κ1) is 38.2. The maximum Gasteiger partial charge on any atom is 0.347 e. The van der Waals surface area contributed by atoms with Crippen LogP contribution in [0.2, 0.25) is 0 Å². The van der Waals surface area contributed by atoms with E-state index in [1.54, 1.807) is 58.2 Å². The smallest absolute Gasteiger partial charge is 0.347 e. The van der Waals surface area contributed by atoms with Gasteiger partial charge in [0.2, 0.25) is 5.75 Å². The zero-order valence-electron chi connectivity index (χ0n) is 32.9. The number of ether oxygens (including phenoxy) is 4. The summed E-state index contributed by atoms with van der Waals surface area (Å²) in [5.74, 6) is 0.0341. The van der Waals surface area contributed by atoms with Gasteiger partial charge >= 0.3 is 11.4 Å². The first-order chi connectivity index (χ1) is 26.6. The van der Waals surface area contributed by atoms with Crippen LogP contribution >= 0.6 is 0 Å². The van der Waals surface area contributed by atoms with Gasteiger partial charge in [0.15, 0.2) is 34.6 Å². The molecule has 0 unspecified atom stereocenters. The first-order valence-corrected chi connectivity index (χ1v) is 18.2. The standard InChI is InChI=1S/C41H45N5O10/c1-21-22(2)36(49)41(4)25(11-10-23-16-32(55-8)34(47)33(17-23)56-9)24-12-15-45-38(51)44(39(52)46(45)29(24)20-40(41,3)35(21)48)14-13-26-37(50)43(5)28-19-31(54-7)30(53-6)18-27(28)42-26/h10-12,16-19,25,29,47H,13-15,20H2,1-9H3/t25-,29+,40-,41+/m0/s1. The van der Waals surface area contributed by atoms with Gasteiger partial charge < -0.3 is 28.6 Å². The molecule has 0 spiro atoms. The maximum atomic E-state index is 14.5. The Hall–Kier alpha value is -6.12. The van der Waals surface area contributed by atoms with Gasteiger partial charge in [-0.25, -0.2) is 28.5 Å². The number of rotatable bonds is 9. The van der Waals surface area contributed by atoms with Crippen LogP contribution in [-0.2, 0) is 36.1 Å². The molecule has 2 aliphatic carbocycles. The second kappa shape index (κ2) is 13.6. The number of carbonyl (C=O) groups is 2.